The van der Waals surface area contributed by atoms with Crippen molar-refractivity contribution in [3.63, 3.8) is 0 Å². The van der Waals surface area contributed by atoms with Crippen molar-refractivity contribution < 1.29 is 24.6 Å². The molecule has 4 rings (SSSR count). The fourth-order valence-corrected chi connectivity index (χ4v) is 8.16. The van der Waals surface area contributed by atoms with Crippen molar-refractivity contribution in [2.24, 2.45) is 46.3 Å². The summed E-state index contributed by atoms with van der Waals surface area (Å²) >= 11 is 0. The minimum atomic E-state index is -1.00. The second-order valence-electron chi connectivity index (χ2n) is 10.6. The minimum absolute atomic E-state index is 0.00268. The summed E-state index contributed by atoms with van der Waals surface area (Å²) in [6.45, 7) is 6.22. The number of carbonyl (C=O) groups is 3. The quantitative estimate of drug-likeness (QED) is 0.701. The highest BCUT2D eigenvalue weighted by atomic mass is 16.4. The van der Waals surface area contributed by atoms with E-state index in [1.807, 2.05) is 0 Å². The second kappa shape index (κ2) is 7.04. The maximum atomic E-state index is 12.7. The number of allylic oxidation sites excluding steroid dienone is 1. The molecule has 0 bridgehead atoms. The van der Waals surface area contributed by atoms with Gasteiger partial charge in [-0.25, -0.2) is 0 Å². The molecular weight excluding hydrogens is 368 g/mol. The van der Waals surface area contributed by atoms with E-state index in [2.05, 4.69) is 20.8 Å². The number of aliphatic hydroxyl groups excluding tert-OH is 1. The first-order valence-electron chi connectivity index (χ1n) is 11.3. The summed E-state index contributed by atoms with van der Waals surface area (Å²) in [7, 11) is 0. The maximum absolute atomic E-state index is 12.7. The molecule has 3 saturated carbocycles. The van der Waals surface area contributed by atoms with Gasteiger partial charge < -0.3 is 10.2 Å². The lowest BCUT2D eigenvalue weighted by atomic mass is 9.46. The van der Waals surface area contributed by atoms with Crippen molar-refractivity contribution in [1.82, 2.24) is 0 Å². The summed E-state index contributed by atoms with van der Waals surface area (Å²) in [5.74, 6) is -0.644. The van der Waals surface area contributed by atoms with E-state index in [4.69, 9.17) is 0 Å². The van der Waals surface area contributed by atoms with Gasteiger partial charge in [0, 0.05) is 5.92 Å². The first-order chi connectivity index (χ1) is 13.7. The molecule has 8 atom stereocenters. The number of fused-ring (bicyclic) bond motifs is 5. The summed E-state index contributed by atoms with van der Waals surface area (Å²) in [6.07, 6.45) is 7.84. The Labute approximate surface area is 172 Å². The van der Waals surface area contributed by atoms with E-state index in [0.717, 1.165) is 44.1 Å². The van der Waals surface area contributed by atoms with Crippen LogP contribution >= 0.6 is 0 Å². The van der Waals surface area contributed by atoms with Crippen molar-refractivity contribution in [3.05, 3.63) is 11.6 Å². The molecule has 2 N–H and O–H groups in total. The highest BCUT2D eigenvalue weighted by molar-refractivity contribution is 6.05. The Morgan fingerprint density at radius 2 is 1.93 bits per heavy atom. The third-order valence-electron chi connectivity index (χ3n) is 9.53. The van der Waals surface area contributed by atoms with Crippen LogP contribution in [0.1, 0.15) is 65.7 Å². The van der Waals surface area contributed by atoms with Crippen LogP contribution in [0, 0.1) is 46.3 Å². The van der Waals surface area contributed by atoms with Crippen LogP contribution in [0.5, 0.6) is 0 Å². The number of rotatable bonds is 4. The molecule has 5 nitrogen and oxygen atoms in total. The normalized spacial score (nSPS) is 46.3. The lowest BCUT2D eigenvalue weighted by Gasteiger charge is -2.58. The Balaban J connectivity index is 1.69. The third kappa shape index (κ3) is 2.87. The van der Waals surface area contributed by atoms with Crippen LogP contribution in [0.2, 0.25) is 0 Å². The molecule has 0 aliphatic heterocycles. The number of carboxylic acids is 1. The van der Waals surface area contributed by atoms with Crippen molar-refractivity contribution in [3.8, 4) is 0 Å². The van der Waals surface area contributed by atoms with Crippen LogP contribution < -0.4 is 0 Å². The standard InChI is InChI=1S/C24H34O5/c1-4-13-9-18-15-6-5-14-10-19(26)16(22(28)29)11-24(14,3)17(15)7-8-23(18,2)21(13)20(27)12-25/h10,13,15-18,21,25H,4-9,11-12H2,1-3H3,(H,28,29)/t13-,15-,16?,17+,18+,21-,23+,24+/m1/s1. The van der Waals surface area contributed by atoms with Gasteiger partial charge in [0.25, 0.3) is 0 Å². The van der Waals surface area contributed by atoms with Gasteiger partial charge in [0.2, 0.25) is 0 Å². The molecule has 0 aromatic carbocycles. The molecule has 0 amide bonds. The lowest BCUT2D eigenvalue weighted by molar-refractivity contribution is -0.149. The second-order valence-corrected chi connectivity index (χ2v) is 10.6. The number of carbonyl (C=O) groups excluding carboxylic acids is 2. The minimum Gasteiger partial charge on any atom is -0.481 e. The third-order valence-corrected chi connectivity index (χ3v) is 9.53. The molecule has 0 heterocycles. The summed E-state index contributed by atoms with van der Waals surface area (Å²) in [6, 6.07) is 0. The molecule has 1 unspecified atom stereocenters. The number of ketones is 2. The number of aliphatic carboxylic acids is 1. The number of hydrogen-bond acceptors (Lipinski definition) is 4. The molecule has 3 fully saturated rings. The maximum Gasteiger partial charge on any atom is 0.314 e. The Kier molecular flexibility index (Phi) is 5.04. The molecule has 0 aromatic rings. The van der Waals surface area contributed by atoms with Gasteiger partial charge in [-0.3, -0.25) is 14.4 Å². The Morgan fingerprint density at radius 1 is 1.21 bits per heavy atom. The van der Waals surface area contributed by atoms with E-state index in [-0.39, 0.29) is 34.9 Å². The van der Waals surface area contributed by atoms with Crippen LogP contribution in [0.25, 0.3) is 0 Å². The number of aliphatic hydroxyl groups is 1. The first kappa shape index (κ1) is 20.8. The Hall–Kier alpha value is -1.49. The van der Waals surface area contributed by atoms with E-state index in [9.17, 15) is 24.6 Å². The van der Waals surface area contributed by atoms with E-state index in [0.29, 0.717) is 30.1 Å². The van der Waals surface area contributed by atoms with Gasteiger partial charge in [0.1, 0.15) is 12.5 Å². The number of hydrogen-bond donors (Lipinski definition) is 2. The van der Waals surface area contributed by atoms with E-state index >= 15 is 0 Å². The van der Waals surface area contributed by atoms with Crippen molar-refractivity contribution in [2.75, 3.05) is 6.61 Å². The highest BCUT2D eigenvalue weighted by Gasteiger charge is 2.62. The van der Waals surface area contributed by atoms with Crippen LogP contribution in [0.3, 0.4) is 0 Å². The van der Waals surface area contributed by atoms with Crippen molar-refractivity contribution in [2.45, 2.75) is 65.7 Å². The molecule has 0 radical (unpaired) electrons. The largest absolute Gasteiger partial charge is 0.481 e. The predicted octanol–water partition coefficient (Wildman–Crippen LogP) is 3.64. The van der Waals surface area contributed by atoms with Gasteiger partial charge in [-0.2, -0.15) is 0 Å². The first-order valence-corrected chi connectivity index (χ1v) is 11.3. The molecule has 160 valence electrons. The molecule has 29 heavy (non-hydrogen) atoms. The van der Waals surface area contributed by atoms with Crippen LogP contribution in [-0.4, -0.2) is 34.4 Å². The van der Waals surface area contributed by atoms with Gasteiger partial charge in [-0.1, -0.05) is 32.8 Å². The summed E-state index contributed by atoms with van der Waals surface area (Å²) in [5.41, 5.74) is 0.843. The fourth-order valence-electron chi connectivity index (χ4n) is 8.16. The van der Waals surface area contributed by atoms with E-state index in [1.165, 1.54) is 0 Å². The average Bonchev–Trinajstić information content (AvgIpc) is 2.99. The van der Waals surface area contributed by atoms with Crippen molar-refractivity contribution >= 4 is 17.5 Å². The van der Waals surface area contributed by atoms with E-state index in [1.54, 1.807) is 6.08 Å². The Bertz CT molecular complexity index is 769. The average molecular weight is 403 g/mol. The lowest BCUT2D eigenvalue weighted by Crippen LogP contribution is -2.52. The molecule has 0 spiro atoms. The van der Waals surface area contributed by atoms with E-state index < -0.39 is 11.9 Å². The van der Waals surface area contributed by atoms with Gasteiger partial charge in [-0.05, 0) is 79.1 Å². The molecule has 5 heteroatoms. The highest BCUT2D eigenvalue weighted by Crippen LogP contribution is 2.68. The summed E-state index contributed by atoms with van der Waals surface area (Å²) < 4.78 is 0. The fraction of sp³-hybridized carbons (Fsp3) is 0.792. The summed E-state index contributed by atoms with van der Waals surface area (Å²) in [4.78, 5) is 36.7. The molecule has 4 aliphatic rings. The van der Waals surface area contributed by atoms with Gasteiger partial charge in [-0.15, -0.1) is 0 Å². The van der Waals surface area contributed by atoms with Crippen molar-refractivity contribution in [1.29, 1.82) is 0 Å². The zero-order valence-electron chi connectivity index (χ0n) is 17.8. The SMILES string of the molecule is CC[C@@H]1C[C@H]2[C@@H]3CCC4=CC(=O)C(C(=O)O)C[C@]4(C)[C@H]3CC[C@]2(C)[C@H]1C(=O)CO. The molecule has 0 saturated heterocycles. The molecule has 0 aromatic heterocycles. The van der Waals surface area contributed by atoms with Gasteiger partial charge in [0.15, 0.2) is 11.6 Å². The molecular formula is C24H34O5. The van der Waals surface area contributed by atoms with Crippen LogP contribution in [-0.2, 0) is 14.4 Å². The zero-order chi connectivity index (χ0) is 21.1. The number of carboxylic acid groups (broad SMARTS) is 1. The topological polar surface area (TPSA) is 91.7 Å². The van der Waals surface area contributed by atoms with Gasteiger partial charge >= 0.3 is 5.97 Å². The van der Waals surface area contributed by atoms with Crippen LogP contribution in [0.15, 0.2) is 11.6 Å². The molecule has 4 aliphatic carbocycles. The smallest absolute Gasteiger partial charge is 0.314 e. The van der Waals surface area contributed by atoms with Gasteiger partial charge in [0.05, 0.1) is 0 Å². The zero-order valence-corrected chi connectivity index (χ0v) is 17.8. The van der Waals surface area contributed by atoms with Crippen LogP contribution in [0.4, 0.5) is 0 Å². The summed E-state index contributed by atoms with van der Waals surface area (Å²) in [5, 5.41) is 19.2. The monoisotopic (exact) mass is 402 g/mol. The predicted molar refractivity (Wildman–Crippen MR) is 108 cm³/mol. The Morgan fingerprint density at radius 3 is 2.55 bits per heavy atom. The number of Topliss-reactive ketones (excluding diaryl/α,β-unsaturated/α-hetero) is 1.